The molecule has 5 heterocycles. The van der Waals surface area contributed by atoms with Crippen LogP contribution in [0.3, 0.4) is 0 Å². The maximum Gasteiger partial charge on any atom is 0.408 e. The van der Waals surface area contributed by atoms with Crippen molar-refractivity contribution in [3.63, 3.8) is 0 Å². The van der Waals surface area contributed by atoms with Gasteiger partial charge in [0.25, 0.3) is 5.91 Å². The van der Waals surface area contributed by atoms with Crippen molar-refractivity contribution in [2.24, 2.45) is 13.0 Å². The number of piperidine rings is 3. The molecular weight excluding hydrogens is 715 g/mol. The molecule has 2 amide bonds. The maximum absolute atomic E-state index is 13.2. The van der Waals surface area contributed by atoms with Gasteiger partial charge in [0.05, 0.1) is 23.4 Å². The summed E-state index contributed by atoms with van der Waals surface area (Å²) in [5.74, 6) is 0.686. The number of aryl methyl sites for hydroxylation is 1. The lowest BCUT2D eigenvalue weighted by Crippen LogP contribution is -2.52. The van der Waals surface area contributed by atoms with E-state index in [4.69, 9.17) is 9.47 Å². The summed E-state index contributed by atoms with van der Waals surface area (Å²) in [6.45, 7) is 4.48. The lowest BCUT2D eigenvalue weighted by Gasteiger charge is -2.43. The number of phenols is 1. The second kappa shape index (κ2) is 17.8. The van der Waals surface area contributed by atoms with Gasteiger partial charge in [0.15, 0.2) is 5.69 Å². The quantitative estimate of drug-likeness (QED) is 0.0794. The number of unbranched alkanes of at least 4 members (excludes halogenated alkanes) is 1. The number of rotatable bonds is 16. The van der Waals surface area contributed by atoms with Crippen LogP contribution in [-0.4, -0.2) is 87.3 Å². The number of aliphatic hydroxyl groups is 1. The Kier molecular flexibility index (Phi) is 12.3. The van der Waals surface area contributed by atoms with Crippen molar-refractivity contribution in [1.29, 1.82) is 0 Å². The van der Waals surface area contributed by atoms with E-state index in [1.165, 1.54) is 12.1 Å². The smallest absolute Gasteiger partial charge is 0.408 e. The molecule has 3 aromatic carbocycles. The topological polar surface area (TPSA) is 183 Å². The molecular formula is C42H49N7O7. The van der Waals surface area contributed by atoms with E-state index < -0.39 is 18.2 Å². The number of H-pyrrole nitrogens is 1. The first-order valence-corrected chi connectivity index (χ1v) is 19.2. The van der Waals surface area contributed by atoms with Crippen LogP contribution < -0.4 is 26.2 Å². The Morgan fingerprint density at radius 3 is 2.54 bits per heavy atom. The number of amides is 2. The van der Waals surface area contributed by atoms with Crippen molar-refractivity contribution >= 4 is 22.9 Å². The average molecular weight is 764 g/mol. The normalized spacial score (nSPS) is 18.6. The number of alkyl carbamates (subject to hydrolysis) is 1. The first kappa shape index (κ1) is 38.6. The molecule has 0 aliphatic carbocycles. The van der Waals surface area contributed by atoms with Crippen LogP contribution in [0, 0.1) is 5.92 Å². The summed E-state index contributed by atoms with van der Waals surface area (Å²) in [5.41, 5.74) is 3.35. The molecule has 0 radical (unpaired) electrons. The molecule has 3 aliphatic rings. The number of pyridine rings is 1. The Morgan fingerprint density at radius 2 is 1.75 bits per heavy atom. The number of carbonyl (C=O) groups is 2. The number of fused-ring (bicyclic) bond motifs is 4. The lowest BCUT2D eigenvalue weighted by atomic mass is 9.86. The van der Waals surface area contributed by atoms with Gasteiger partial charge in [0, 0.05) is 38.1 Å². The van der Waals surface area contributed by atoms with Crippen molar-refractivity contribution in [2.75, 3.05) is 39.3 Å². The highest BCUT2D eigenvalue weighted by atomic mass is 16.6. The van der Waals surface area contributed by atoms with Crippen molar-refractivity contribution in [3.8, 4) is 11.5 Å². The number of aromatic amines is 1. The third kappa shape index (κ3) is 9.39. The summed E-state index contributed by atoms with van der Waals surface area (Å²) in [5, 5.41) is 35.1. The number of ether oxygens (including phenoxy) is 2. The molecule has 294 valence electrons. The molecule has 8 rings (SSSR count). The highest BCUT2D eigenvalue weighted by molar-refractivity contribution is 5.92. The van der Waals surface area contributed by atoms with Crippen molar-refractivity contribution < 1.29 is 29.3 Å². The van der Waals surface area contributed by atoms with Gasteiger partial charge in [-0.3, -0.25) is 19.2 Å². The Labute approximate surface area is 324 Å². The molecule has 6 N–H and O–H groups in total. The zero-order chi connectivity index (χ0) is 39.0. The zero-order valence-electron chi connectivity index (χ0n) is 31.4. The van der Waals surface area contributed by atoms with Crippen LogP contribution in [0.5, 0.6) is 11.5 Å². The molecule has 0 saturated carbocycles. The van der Waals surface area contributed by atoms with Crippen LogP contribution >= 0.6 is 0 Å². The fourth-order valence-electron chi connectivity index (χ4n) is 7.60. The van der Waals surface area contributed by atoms with Gasteiger partial charge in [0.1, 0.15) is 24.2 Å². The van der Waals surface area contributed by atoms with Crippen LogP contribution in [-0.2, 0) is 18.4 Å². The van der Waals surface area contributed by atoms with E-state index in [1.807, 2.05) is 54.6 Å². The first-order valence-electron chi connectivity index (χ1n) is 19.2. The second-order valence-electron chi connectivity index (χ2n) is 14.5. The maximum atomic E-state index is 13.2. The van der Waals surface area contributed by atoms with E-state index in [0.29, 0.717) is 53.3 Å². The van der Waals surface area contributed by atoms with Gasteiger partial charge in [-0.2, -0.15) is 5.10 Å². The van der Waals surface area contributed by atoms with Crippen LogP contribution in [0.15, 0.2) is 89.7 Å². The van der Waals surface area contributed by atoms with Crippen LogP contribution in [0.4, 0.5) is 4.79 Å². The van der Waals surface area contributed by atoms with Gasteiger partial charge in [-0.05, 0) is 98.3 Å². The number of nitrogens with zero attached hydrogens (tertiary/aromatic N) is 3. The zero-order valence-corrected chi connectivity index (χ0v) is 31.4. The summed E-state index contributed by atoms with van der Waals surface area (Å²) in [6, 6.07) is 24.7. The predicted molar refractivity (Wildman–Crippen MR) is 210 cm³/mol. The number of hydrogen-bond acceptors (Lipinski definition) is 10. The summed E-state index contributed by atoms with van der Waals surface area (Å²) < 4.78 is 13.8. The molecule has 5 aromatic rings. The number of benzene rings is 3. The SMILES string of the molecule is Cn1nc(C(=O)NCCCCNC[C@@H](O)c2ccc(O)c3[nH]c(=O)ccc23)cc1COc1cccc(C(NC(=O)O[C@H]2CN3CCC2CC3)c2ccccc2)c1. The van der Waals surface area contributed by atoms with E-state index in [-0.39, 0.29) is 36.5 Å². The number of aromatic nitrogens is 3. The number of nitrogens with one attached hydrogen (secondary N) is 4. The molecule has 2 aromatic heterocycles. The molecule has 3 aliphatic heterocycles. The van der Waals surface area contributed by atoms with Crippen LogP contribution in [0.1, 0.15) is 70.7 Å². The minimum Gasteiger partial charge on any atom is -0.506 e. The molecule has 3 atom stereocenters. The van der Waals surface area contributed by atoms with Crippen molar-refractivity contribution in [1.82, 2.24) is 35.6 Å². The van der Waals surface area contributed by atoms with Crippen LogP contribution in [0.25, 0.3) is 10.9 Å². The fraction of sp³-hybridized carbons (Fsp3) is 0.381. The van der Waals surface area contributed by atoms with E-state index in [0.717, 1.165) is 55.7 Å². The third-order valence-corrected chi connectivity index (χ3v) is 10.7. The molecule has 0 spiro atoms. The summed E-state index contributed by atoms with van der Waals surface area (Å²) in [7, 11) is 1.77. The highest BCUT2D eigenvalue weighted by Gasteiger charge is 2.37. The molecule has 1 unspecified atom stereocenters. The van der Waals surface area contributed by atoms with E-state index in [1.54, 1.807) is 29.9 Å². The van der Waals surface area contributed by atoms with Gasteiger partial charge < -0.3 is 40.6 Å². The molecule has 3 saturated heterocycles. The number of hydrogen-bond donors (Lipinski definition) is 6. The molecule has 56 heavy (non-hydrogen) atoms. The number of carbonyl (C=O) groups excluding carboxylic acids is 2. The summed E-state index contributed by atoms with van der Waals surface area (Å²) in [4.78, 5) is 42.8. The second-order valence-corrected chi connectivity index (χ2v) is 14.5. The van der Waals surface area contributed by atoms with E-state index in [2.05, 4.69) is 30.9 Å². The molecule has 3 fully saturated rings. The number of aliphatic hydroxyl groups excluding tert-OH is 1. The van der Waals surface area contributed by atoms with Gasteiger partial charge >= 0.3 is 6.09 Å². The lowest BCUT2D eigenvalue weighted by molar-refractivity contribution is -0.0336. The minimum atomic E-state index is -0.839. The van der Waals surface area contributed by atoms with E-state index >= 15 is 0 Å². The number of aromatic hydroxyl groups is 1. The van der Waals surface area contributed by atoms with Gasteiger partial charge in [-0.1, -0.05) is 48.5 Å². The third-order valence-electron chi connectivity index (χ3n) is 10.7. The minimum absolute atomic E-state index is 0.0534. The van der Waals surface area contributed by atoms with E-state index in [9.17, 15) is 24.6 Å². The predicted octanol–water partition coefficient (Wildman–Crippen LogP) is 4.29. The van der Waals surface area contributed by atoms with Gasteiger partial charge in [-0.25, -0.2) is 4.79 Å². The Balaban J connectivity index is 0.867. The van der Waals surface area contributed by atoms with Crippen LogP contribution in [0.2, 0.25) is 0 Å². The largest absolute Gasteiger partial charge is 0.506 e. The number of phenolic OH excluding ortho intramolecular Hbond substituents is 1. The highest BCUT2D eigenvalue weighted by Crippen LogP contribution is 2.31. The van der Waals surface area contributed by atoms with Gasteiger partial charge in [0.2, 0.25) is 5.56 Å². The summed E-state index contributed by atoms with van der Waals surface area (Å²) in [6.07, 6.45) is 2.23. The average Bonchev–Trinajstić information content (AvgIpc) is 3.60. The Hall–Kier alpha value is -5.70. The standard InChI is InChI=1S/C42H49N7O7/c1-48-30(23-34(47-48)41(53)44-19-6-5-18-43-24-36(51)32-12-14-35(50)40-33(32)13-15-38(52)45-40)26-55-31-11-7-10-29(22-31)39(28-8-3-2-4-9-28)46-42(54)56-37-25-49-20-16-27(37)17-21-49/h2-4,7-15,22-23,27,36-37,39,43,50-51H,5-6,16-21,24-26H2,1H3,(H,44,53)(H,45,52)(H,46,54)/t36-,37+,39?/m1/s1. The fourth-order valence-corrected chi connectivity index (χ4v) is 7.60. The molecule has 2 bridgehead atoms. The summed E-state index contributed by atoms with van der Waals surface area (Å²) >= 11 is 0. The van der Waals surface area contributed by atoms with Crippen molar-refractivity contribution in [2.45, 2.75) is 50.5 Å². The Bertz CT molecular complexity index is 2180. The first-order chi connectivity index (χ1) is 27.2. The monoisotopic (exact) mass is 763 g/mol. The van der Waals surface area contributed by atoms with Crippen molar-refractivity contribution in [3.05, 3.63) is 123 Å². The van der Waals surface area contributed by atoms with Gasteiger partial charge in [-0.15, -0.1) is 0 Å². The Morgan fingerprint density at radius 1 is 0.964 bits per heavy atom. The molecule has 14 nitrogen and oxygen atoms in total. The molecule has 14 heteroatoms.